The molecule has 116 valence electrons. The average Bonchev–Trinajstić information content (AvgIpc) is 2.52. The van der Waals surface area contributed by atoms with Crippen LogP contribution in [0.3, 0.4) is 0 Å². The number of benzene rings is 2. The van der Waals surface area contributed by atoms with Gasteiger partial charge in [0.1, 0.15) is 5.56 Å². The Labute approximate surface area is 141 Å². The summed E-state index contributed by atoms with van der Waals surface area (Å²) in [7, 11) is 0. The van der Waals surface area contributed by atoms with Gasteiger partial charge in [-0.1, -0.05) is 45.8 Å². The smallest absolute Gasteiger partial charge is 0.261 e. The number of carbonyl (C=O) groups is 1. The summed E-state index contributed by atoms with van der Waals surface area (Å²) in [6.07, 6.45) is 0. The molecule has 1 aromatic heterocycles. The number of halogens is 1. The lowest BCUT2D eigenvalue weighted by molar-refractivity contribution is 0.0949. The van der Waals surface area contributed by atoms with E-state index in [0.29, 0.717) is 12.1 Å². The fourth-order valence-corrected chi connectivity index (χ4v) is 2.82. The van der Waals surface area contributed by atoms with Crippen LogP contribution >= 0.6 is 15.9 Å². The predicted octanol–water partition coefficient (Wildman–Crippen LogP) is 3.53. The molecule has 4 nitrogen and oxygen atoms in total. The van der Waals surface area contributed by atoms with Crippen molar-refractivity contribution in [1.82, 2.24) is 10.3 Å². The van der Waals surface area contributed by atoms with Crippen LogP contribution in [0.2, 0.25) is 0 Å². The molecule has 0 spiro atoms. The Kier molecular flexibility index (Phi) is 4.30. The SMILES string of the molecule is Cc1cccc(CNC(=O)c2cc3cc(Br)ccc3[nH]c2=O)c1. The number of nitrogens with one attached hydrogen (secondary N) is 2. The molecule has 0 atom stereocenters. The minimum atomic E-state index is -0.387. The van der Waals surface area contributed by atoms with Crippen molar-refractivity contribution in [3.05, 3.63) is 80.0 Å². The number of carbonyl (C=O) groups excluding carboxylic acids is 1. The van der Waals surface area contributed by atoms with E-state index >= 15 is 0 Å². The first-order valence-electron chi connectivity index (χ1n) is 7.19. The van der Waals surface area contributed by atoms with Gasteiger partial charge in [0.2, 0.25) is 0 Å². The van der Waals surface area contributed by atoms with Crippen molar-refractivity contribution in [3.8, 4) is 0 Å². The summed E-state index contributed by atoms with van der Waals surface area (Å²) in [5.41, 5.74) is 2.56. The monoisotopic (exact) mass is 370 g/mol. The highest BCUT2D eigenvalue weighted by molar-refractivity contribution is 9.10. The molecule has 2 N–H and O–H groups in total. The highest BCUT2D eigenvalue weighted by atomic mass is 79.9. The highest BCUT2D eigenvalue weighted by Gasteiger charge is 2.11. The van der Waals surface area contributed by atoms with Gasteiger partial charge in [-0.3, -0.25) is 9.59 Å². The first-order chi connectivity index (χ1) is 11.0. The lowest BCUT2D eigenvalue weighted by Crippen LogP contribution is -2.29. The summed E-state index contributed by atoms with van der Waals surface area (Å²) in [6.45, 7) is 2.38. The Hall–Kier alpha value is -2.40. The van der Waals surface area contributed by atoms with Crippen LogP contribution in [0, 0.1) is 6.92 Å². The Bertz CT molecular complexity index is 947. The molecule has 0 fully saturated rings. The Balaban J connectivity index is 1.85. The van der Waals surface area contributed by atoms with Crippen molar-refractivity contribution < 1.29 is 4.79 Å². The zero-order valence-electron chi connectivity index (χ0n) is 12.5. The first-order valence-corrected chi connectivity index (χ1v) is 7.98. The van der Waals surface area contributed by atoms with E-state index in [4.69, 9.17) is 0 Å². The molecular weight excluding hydrogens is 356 g/mol. The van der Waals surface area contributed by atoms with Crippen LogP contribution < -0.4 is 10.9 Å². The van der Waals surface area contributed by atoms with Crippen LogP contribution in [-0.2, 0) is 6.54 Å². The summed E-state index contributed by atoms with van der Waals surface area (Å²) in [5.74, 6) is -0.380. The molecule has 23 heavy (non-hydrogen) atoms. The van der Waals surface area contributed by atoms with E-state index in [2.05, 4.69) is 26.2 Å². The number of hydrogen-bond donors (Lipinski definition) is 2. The van der Waals surface area contributed by atoms with Gasteiger partial charge in [0.15, 0.2) is 0 Å². The molecule has 3 rings (SSSR count). The molecule has 1 heterocycles. The molecule has 0 radical (unpaired) electrons. The lowest BCUT2D eigenvalue weighted by Gasteiger charge is -2.07. The quantitative estimate of drug-likeness (QED) is 0.740. The number of amides is 1. The molecule has 3 aromatic rings. The second-order valence-corrected chi connectivity index (χ2v) is 6.33. The topological polar surface area (TPSA) is 62.0 Å². The normalized spacial score (nSPS) is 10.7. The number of fused-ring (bicyclic) bond motifs is 1. The van der Waals surface area contributed by atoms with Gasteiger partial charge in [0.05, 0.1) is 0 Å². The summed E-state index contributed by atoms with van der Waals surface area (Å²) in [6, 6.07) is 15.0. The standard InChI is InChI=1S/C18H15BrN2O2/c1-11-3-2-4-12(7-11)10-20-17(22)15-9-13-8-14(19)5-6-16(13)21-18(15)23/h2-9H,10H2,1H3,(H,20,22)(H,21,23). The minimum Gasteiger partial charge on any atom is -0.348 e. The Morgan fingerprint density at radius 1 is 1.17 bits per heavy atom. The number of aryl methyl sites for hydroxylation is 1. The molecule has 0 saturated heterocycles. The molecule has 0 aliphatic rings. The van der Waals surface area contributed by atoms with E-state index in [1.54, 1.807) is 12.1 Å². The van der Waals surface area contributed by atoms with Gasteiger partial charge in [-0.25, -0.2) is 0 Å². The van der Waals surface area contributed by atoms with Crippen LogP contribution in [0.25, 0.3) is 10.9 Å². The van der Waals surface area contributed by atoms with Gasteiger partial charge in [-0.05, 0) is 36.8 Å². The average molecular weight is 371 g/mol. The van der Waals surface area contributed by atoms with E-state index in [1.165, 1.54) is 0 Å². The van der Waals surface area contributed by atoms with Crippen molar-refractivity contribution in [2.75, 3.05) is 0 Å². The van der Waals surface area contributed by atoms with Crippen LogP contribution in [0.4, 0.5) is 0 Å². The highest BCUT2D eigenvalue weighted by Crippen LogP contribution is 2.17. The van der Waals surface area contributed by atoms with Gasteiger partial charge < -0.3 is 10.3 Å². The maximum atomic E-state index is 12.3. The van der Waals surface area contributed by atoms with E-state index in [-0.39, 0.29) is 17.0 Å². The van der Waals surface area contributed by atoms with Crippen molar-refractivity contribution >= 4 is 32.7 Å². The maximum absolute atomic E-state index is 12.3. The molecule has 2 aromatic carbocycles. The zero-order chi connectivity index (χ0) is 16.4. The lowest BCUT2D eigenvalue weighted by atomic mass is 10.1. The van der Waals surface area contributed by atoms with Gasteiger partial charge in [0.25, 0.3) is 11.5 Å². The van der Waals surface area contributed by atoms with Crippen molar-refractivity contribution in [2.45, 2.75) is 13.5 Å². The molecule has 0 bridgehead atoms. The number of pyridine rings is 1. The Morgan fingerprint density at radius 2 is 2.00 bits per heavy atom. The van der Waals surface area contributed by atoms with Crippen LogP contribution in [0.1, 0.15) is 21.5 Å². The van der Waals surface area contributed by atoms with Crippen LogP contribution in [0.15, 0.2) is 57.8 Å². The molecule has 0 unspecified atom stereocenters. The van der Waals surface area contributed by atoms with Crippen molar-refractivity contribution in [3.63, 3.8) is 0 Å². The minimum absolute atomic E-state index is 0.114. The second-order valence-electron chi connectivity index (χ2n) is 5.42. The van der Waals surface area contributed by atoms with Gasteiger partial charge >= 0.3 is 0 Å². The number of rotatable bonds is 3. The second kappa shape index (κ2) is 6.38. The van der Waals surface area contributed by atoms with E-state index in [1.807, 2.05) is 43.3 Å². The zero-order valence-corrected chi connectivity index (χ0v) is 14.1. The number of H-pyrrole nitrogens is 1. The third-order valence-corrected chi connectivity index (χ3v) is 4.08. The van der Waals surface area contributed by atoms with Crippen molar-refractivity contribution in [2.24, 2.45) is 0 Å². The molecular formula is C18H15BrN2O2. The number of aromatic amines is 1. The van der Waals surface area contributed by atoms with Gasteiger partial charge in [0, 0.05) is 21.9 Å². The van der Waals surface area contributed by atoms with Gasteiger partial charge in [-0.15, -0.1) is 0 Å². The summed E-state index contributed by atoms with van der Waals surface area (Å²) in [5, 5.41) is 3.60. The summed E-state index contributed by atoms with van der Waals surface area (Å²) in [4.78, 5) is 27.1. The maximum Gasteiger partial charge on any atom is 0.261 e. The third-order valence-electron chi connectivity index (χ3n) is 3.59. The Morgan fingerprint density at radius 3 is 2.78 bits per heavy atom. The van der Waals surface area contributed by atoms with Gasteiger partial charge in [-0.2, -0.15) is 0 Å². The van der Waals surface area contributed by atoms with Crippen LogP contribution in [0.5, 0.6) is 0 Å². The first kappa shape index (κ1) is 15.5. The predicted molar refractivity (Wildman–Crippen MR) is 94.6 cm³/mol. The fourth-order valence-electron chi connectivity index (χ4n) is 2.45. The van der Waals surface area contributed by atoms with E-state index < -0.39 is 0 Å². The molecule has 5 heteroatoms. The number of hydrogen-bond acceptors (Lipinski definition) is 2. The van der Waals surface area contributed by atoms with Crippen LogP contribution in [-0.4, -0.2) is 10.9 Å². The fraction of sp³-hybridized carbons (Fsp3) is 0.111. The largest absolute Gasteiger partial charge is 0.348 e. The summed E-state index contributed by atoms with van der Waals surface area (Å²) >= 11 is 3.39. The summed E-state index contributed by atoms with van der Waals surface area (Å²) < 4.78 is 0.892. The van der Waals surface area contributed by atoms with E-state index in [9.17, 15) is 9.59 Å². The molecule has 1 amide bonds. The third kappa shape index (κ3) is 3.51. The van der Waals surface area contributed by atoms with Crippen molar-refractivity contribution in [1.29, 1.82) is 0 Å². The number of aromatic nitrogens is 1. The molecule has 0 aliphatic heterocycles. The molecule has 0 aliphatic carbocycles. The van der Waals surface area contributed by atoms with E-state index in [0.717, 1.165) is 21.0 Å². The molecule has 0 saturated carbocycles.